The zero-order chi connectivity index (χ0) is 17.9. The Morgan fingerprint density at radius 1 is 1.08 bits per heavy atom. The van der Waals surface area contributed by atoms with E-state index in [2.05, 4.69) is 73.9 Å². The van der Waals surface area contributed by atoms with Crippen LogP contribution in [-0.2, 0) is 9.47 Å². The van der Waals surface area contributed by atoms with Crippen molar-refractivity contribution in [3.05, 3.63) is 28.0 Å². The van der Waals surface area contributed by atoms with Gasteiger partial charge in [-0.2, -0.15) is 0 Å². The molecule has 0 bridgehead atoms. The van der Waals surface area contributed by atoms with Gasteiger partial charge < -0.3 is 9.47 Å². The van der Waals surface area contributed by atoms with Crippen molar-refractivity contribution in [2.45, 2.75) is 64.5 Å². The van der Waals surface area contributed by atoms with Gasteiger partial charge in [-0.1, -0.05) is 47.5 Å². The fourth-order valence-electron chi connectivity index (χ4n) is 3.82. The highest BCUT2D eigenvalue weighted by Crippen LogP contribution is 2.40. The summed E-state index contributed by atoms with van der Waals surface area (Å²) in [6.07, 6.45) is 1.51. The average molecular weight is 410 g/mol. The van der Waals surface area contributed by atoms with Crippen LogP contribution in [0.4, 0.5) is 0 Å². The quantitative estimate of drug-likeness (QED) is 0.488. The van der Waals surface area contributed by atoms with Crippen molar-refractivity contribution in [2.75, 3.05) is 13.2 Å². The lowest BCUT2D eigenvalue weighted by Crippen LogP contribution is -2.43. The summed E-state index contributed by atoms with van der Waals surface area (Å²) in [5, 5.41) is 0. The predicted molar refractivity (Wildman–Crippen MR) is 105 cm³/mol. The van der Waals surface area contributed by atoms with E-state index in [0.717, 1.165) is 15.7 Å². The summed E-state index contributed by atoms with van der Waals surface area (Å²) in [6, 6.07) is 2.01. The van der Waals surface area contributed by atoms with Crippen LogP contribution in [0.15, 0.2) is 16.7 Å². The number of aromatic nitrogens is 1. The maximum Gasteiger partial charge on any atom is 0.185 e. The number of pyridine rings is 1. The van der Waals surface area contributed by atoms with Gasteiger partial charge in [0.05, 0.1) is 17.7 Å². The Hall–Kier alpha value is -0.673. The van der Waals surface area contributed by atoms with Crippen LogP contribution in [0.5, 0.6) is 0 Å². The fraction of sp³-hybridized carbons (Fsp3) is 0.632. The minimum atomic E-state index is -1.74. The van der Waals surface area contributed by atoms with E-state index in [1.54, 1.807) is 0 Å². The number of rotatable bonds is 4. The van der Waals surface area contributed by atoms with Crippen LogP contribution in [0, 0.1) is 11.5 Å². The first-order valence-corrected chi connectivity index (χ1v) is 11.7. The minimum Gasteiger partial charge on any atom is -0.346 e. The van der Waals surface area contributed by atoms with E-state index in [0.29, 0.717) is 29.8 Å². The molecular formula is C19H28BrNO2Si. The number of nitrogens with zero attached hydrogens (tertiary/aromatic N) is 1. The van der Waals surface area contributed by atoms with Gasteiger partial charge in [-0.05, 0) is 38.6 Å². The molecule has 1 aliphatic rings. The summed E-state index contributed by atoms with van der Waals surface area (Å²) in [4.78, 5) is 4.55. The summed E-state index contributed by atoms with van der Waals surface area (Å²) < 4.78 is 12.0. The summed E-state index contributed by atoms with van der Waals surface area (Å²) in [6.45, 7) is 15.2. The Kier molecular flexibility index (Phi) is 6.66. The molecule has 0 aromatic carbocycles. The molecule has 5 heteroatoms. The molecule has 0 aliphatic carbocycles. The third-order valence-corrected chi connectivity index (χ3v) is 11.9. The van der Waals surface area contributed by atoms with Gasteiger partial charge in [0, 0.05) is 11.8 Å². The molecule has 24 heavy (non-hydrogen) atoms. The van der Waals surface area contributed by atoms with Gasteiger partial charge in [0.1, 0.15) is 13.8 Å². The summed E-state index contributed by atoms with van der Waals surface area (Å²) >= 11 is 3.61. The smallest absolute Gasteiger partial charge is 0.185 e. The van der Waals surface area contributed by atoms with Crippen LogP contribution in [0.2, 0.25) is 16.6 Å². The van der Waals surface area contributed by atoms with Gasteiger partial charge in [0.25, 0.3) is 0 Å². The molecule has 0 atom stereocenters. The molecule has 2 rings (SSSR count). The van der Waals surface area contributed by atoms with E-state index in [1.807, 2.05) is 12.3 Å². The third-order valence-electron chi connectivity index (χ3n) is 5.02. The Morgan fingerprint density at radius 3 is 2.08 bits per heavy atom. The highest BCUT2D eigenvalue weighted by atomic mass is 79.9. The second-order valence-electron chi connectivity index (χ2n) is 7.32. The molecule has 1 aromatic heterocycles. The van der Waals surface area contributed by atoms with Crippen molar-refractivity contribution < 1.29 is 9.47 Å². The molecule has 1 aromatic rings. The van der Waals surface area contributed by atoms with E-state index >= 15 is 0 Å². The monoisotopic (exact) mass is 409 g/mol. The van der Waals surface area contributed by atoms with E-state index in [1.165, 1.54) is 0 Å². The predicted octanol–water partition coefficient (Wildman–Crippen LogP) is 5.46. The van der Waals surface area contributed by atoms with Crippen LogP contribution >= 0.6 is 15.9 Å². The molecule has 3 nitrogen and oxygen atoms in total. The van der Waals surface area contributed by atoms with Gasteiger partial charge >= 0.3 is 0 Å². The number of hydrogen-bond donors (Lipinski definition) is 0. The molecule has 0 unspecified atom stereocenters. The first-order chi connectivity index (χ1) is 11.3. The van der Waals surface area contributed by atoms with Crippen molar-refractivity contribution in [3.8, 4) is 11.5 Å². The third kappa shape index (κ3) is 3.93. The lowest BCUT2D eigenvalue weighted by molar-refractivity contribution is -0.0443. The second kappa shape index (κ2) is 8.14. The van der Waals surface area contributed by atoms with Crippen LogP contribution in [0.25, 0.3) is 0 Å². The van der Waals surface area contributed by atoms with E-state index < -0.39 is 8.07 Å². The molecule has 1 saturated heterocycles. The van der Waals surface area contributed by atoms with E-state index in [4.69, 9.17) is 9.47 Å². The maximum atomic E-state index is 5.53. The largest absolute Gasteiger partial charge is 0.346 e. The van der Waals surface area contributed by atoms with Gasteiger partial charge in [-0.3, -0.25) is 0 Å². The fourth-order valence-corrected chi connectivity index (χ4v) is 9.49. The van der Waals surface area contributed by atoms with Crippen LogP contribution in [-0.4, -0.2) is 26.3 Å². The molecule has 0 spiro atoms. The van der Waals surface area contributed by atoms with Gasteiger partial charge in [0.15, 0.2) is 6.29 Å². The summed E-state index contributed by atoms with van der Waals surface area (Å²) in [5.74, 6) is 3.39. The molecule has 1 aliphatic heterocycles. The van der Waals surface area contributed by atoms with Crippen LogP contribution < -0.4 is 0 Å². The van der Waals surface area contributed by atoms with Gasteiger partial charge in [-0.25, -0.2) is 4.98 Å². The van der Waals surface area contributed by atoms with Crippen LogP contribution in [0.3, 0.4) is 0 Å². The standard InChI is InChI=1S/C19H28BrNO2Si/c1-13(2)24(14(3)4,15(5)6)10-7-18-17(20)11-16(12-21-18)19-22-8-9-23-19/h11-15,19H,8-9H2,1-6H3. The molecule has 0 amide bonds. The second-order valence-corrected chi connectivity index (χ2v) is 13.8. The number of ether oxygens (including phenoxy) is 2. The normalized spacial score (nSPS) is 16.1. The molecular weight excluding hydrogens is 382 g/mol. The van der Waals surface area contributed by atoms with Crippen molar-refractivity contribution in [1.29, 1.82) is 0 Å². The minimum absolute atomic E-state index is 0.300. The first kappa shape index (κ1) is 19.6. The molecule has 0 saturated carbocycles. The van der Waals surface area contributed by atoms with Gasteiger partial charge in [0.2, 0.25) is 0 Å². The summed E-state index contributed by atoms with van der Waals surface area (Å²) in [5.41, 5.74) is 7.29. The molecule has 2 heterocycles. The average Bonchev–Trinajstić information content (AvgIpc) is 3.02. The number of hydrogen-bond acceptors (Lipinski definition) is 3. The Bertz CT molecular complexity index is 606. The zero-order valence-corrected chi connectivity index (χ0v) is 18.1. The Labute approximate surface area is 155 Å². The molecule has 0 radical (unpaired) electrons. The van der Waals surface area contributed by atoms with Crippen molar-refractivity contribution in [3.63, 3.8) is 0 Å². The zero-order valence-electron chi connectivity index (χ0n) is 15.5. The highest BCUT2D eigenvalue weighted by Gasteiger charge is 2.41. The molecule has 1 fully saturated rings. The molecule has 132 valence electrons. The van der Waals surface area contributed by atoms with E-state index in [-0.39, 0.29) is 6.29 Å². The van der Waals surface area contributed by atoms with E-state index in [9.17, 15) is 0 Å². The Balaban J connectivity index is 2.34. The molecule has 0 N–H and O–H groups in total. The topological polar surface area (TPSA) is 31.4 Å². The SMILES string of the molecule is CC(C)[Si](C#Cc1ncc(C2OCCO2)cc1Br)(C(C)C)C(C)C. The van der Waals surface area contributed by atoms with Crippen LogP contribution in [0.1, 0.15) is 59.1 Å². The van der Waals surface area contributed by atoms with Gasteiger partial charge in [-0.15, -0.1) is 5.54 Å². The Morgan fingerprint density at radius 2 is 1.62 bits per heavy atom. The highest BCUT2D eigenvalue weighted by molar-refractivity contribution is 9.10. The maximum absolute atomic E-state index is 5.53. The lowest BCUT2D eigenvalue weighted by Gasteiger charge is -2.38. The number of halogens is 1. The van der Waals surface area contributed by atoms with Crippen molar-refractivity contribution in [2.24, 2.45) is 0 Å². The van der Waals surface area contributed by atoms with Crippen molar-refractivity contribution in [1.82, 2.24) is 4.98 Å². The van der Waals surface area contributed by atoms with Crippen molar-refractivity contribution >= 4 is 24.0 Å². The first-order valence-electron chi connectivity index (χ1n) is 8.70. The lowest BCUT2D eigenvalue weighted by atomic mass is 10.2. The summed E-state index contributed by atoms with van der Waals surface area (Å²) in [7, 11) is -1.74.